The molecule has 0 bridgehead atoms. The highest BCUT2D eigenvalue weighted by atomic mass is 79.9. The van der Waals surface area contributed by atoms with Gasteiger partial charge in [-0.05, 0) is 31.5 Å². The summed E-state index contributed by atoms with van der Waals surface area (Å²) in [6.07, 6.45) is 4.31. The Morgan fingerprint density at radius 1 is 1.42 bits per heavy atom. The Morgan fingerprint density at radius 3 is 2.37 bits per heavy atom. The van der Waals surface area contributed by atoms with E-state index in [1.54, 1.807) is 7.05 Å². The van der Waals surface area contributed by atoms with E-state index in [4.69, 9.17) is 5.73 Å². The smallest absolute Gasteiger partial charge is 0.0407 e. The van der Waals surface area contributed by atoms with E-state index in [9.17, 15) is 0 Å². The number of hydrogen-bond donors (Lipinski definition) is 1. The first-order valence-electron chi connectivity index (χ1n) is 6.66. The number of halogens is 1. The number of rotatable bonds is 3. The Labute approximate surface area is 127 Å². The number of anilines is 1. The third kappa shape index (κ3) is 9.48. The van der Waals surface area contributed by atoms with Gasteiger partial charge in [0.15, 0.2) is 0 Å². The van der Waals surface area contributed by atoms with Crippen molar-refractivity contribution < 1.29 is 0 Å². The minimum absolute atomic E-state index is 0.765. The first-order valence-corrected chi connectivity index (χ1v) is 7.45. The average Bonchev–Trinajstić information content (AvgIpc) is 2.44. The van der Waals surface area contributed by atoms with E-state index >= 15 is 0 Å². The fraction of sp³-hybridized carbons (Fsp3) is 0.438. The molecule has 0 fully saturated rings. The number of unbranched alkanes of at least 4 members (excludes halogenated alkanes) is 1. The Kier molecular flexibility index (Phi) is 14.2. The van der Waals surface area contributed by atoms with Crippen LogP contribution in [0.2, 0.25) is 0 Å². The molecule has 0 radical (unpaired) electrons. The highest BCUT2D eigenvalue weighted by Gasteiger charge is 2.01. The van der Waals surface area contributed by atoms with Crippen molar-refractivity contribution >= 4 is 27.3 Å². The Morgan fingerprint density at radius 2 is 2.00 bits per heavy atom. The highest BCUT2D eigenvalue weighted by Crippen LogP contribution is 2.18. The topological polar surface area (TPSA) is 38.4 Å². The number of nitrogens with two attached hydrogens (primary N) is 1. The number of nitrogens with zero attached hydrogens (tertiary/aromatic N) is 1. The van der Waals surface area contributed by atoms with Crippen LogP contribution in [0, 0.1) is 0 Å². The maximum atomic E-state index is 5.76. The molecule has 1 aromatic rings. The van der Waals surface area contributed by atoms with Crippen molar-refractivity contribution in [1.82, 2.24) is 0 Å². The van der Waals surface area contributed by atoms with Crippen molar-refractivity contribution in [2.45, 2.75) is 40.5 Å². The minimum atomic E-state index is 0.765. The summed E-state index contributed by atoms with van der Waals surface area (Å²) >= 11 is 3.38. The number of nitrogen functional groups attached to an aromatic ring is 1. The number of benzene rings is 1. The molecule has 0 aliphatic rings. The molecule has 0 saturated heterocycles. The van der Waals surface area contributed by atoms with Crippen LogP contribution in [0.4, 0.5) is 5.69 Å². The Balaban J connectivity index is 0. The van der Waals surface area contributed by atoms with Crippen molar-refractivity contribution in [1.29, 1.82) is 0 Å². The van der Waals surface area contributed by atoms with Gasteiger partial charge in [-0.15, -0.1) is 6.58 Å². The van der Waals surface area contributed by atoms with Crippen LogP contribution in [0.5, 0.6) is 0 Å². The second-order valence-corrected chi connectivity index (χ2v) is 4.53. The number of aliphatic imine (C=N–C) groups is 1. The zero-order chi connectivity index (χ0) is 15.3. The summed E-state index contributed by atoms with van der Waals surface area (Å²) < 4.78 is 1.02. The van der Waals surface area contributed by atoms with Gasteiger partial charge < -0.3 is 5.73 Å². The summed E-state index contributed by atoms with van der Waals surface area (Å²) in [6, 6.07) is 5.76. The van der Waals surface area contributed by atoms with Crippen molar-refractivity contribution in [2.75, 3.05) is 12.8 Å². The van der Waals surface area contributed by atoms with Gasteiger partial charge in [-0.2, -0.15) is 0 Å². The molecule has 0 unspecified atom stereocenters. The van der Waals surface area contributed by atoms with Crippen molar-refractivity contribution in [3.05, 3.63) is 40.9 Å². The Bertz CT molecular complexity index is 384. The lowest BCUT2D eigenvalue weighted by molar-refractivity contribution is 0.961. The molecule has 0 aliphatic carbocycles. The lowest BCUT2D eigenvalue weighted by Crippen LogP contribution is -2.00. The third-order valence-corrected chi connectivity index (χ3v) is 2.73. The largest absolute Gasteiger partial charge is 0.398 e. The molecule has 19 heavy (non-hydrogen) atoms. The molecule has 3 heteroatoms. The molecule has 108 valence electrons. The minimum Gasteiger partial charge on any atom is -0.398 e. The maximum absolute atomic E-state index is 5.76. The predicted molar refractivity (Wildman–Crippen MR) is 93.1 cm³/mol. The molecular formula is C16H27BrN2. The SMILES string of the molecule is C=CCCC.CC.CN=C(C)c1cc(Br)ccc1N. The molecule has 2 N–H and O–H groups in total. The van der Waals surface area contributed by atoms with E-state index in [2.05, 4.69) is 34.4 Å². The summed E-state index contributed by atoms with van der Waals surface area (Å²) in [5, 5.41) is 0. The van der Waals surface area contributed by atoms with E-state index in [0.29, 0.717) is 0 Å². The van der Waals surface area contributed by atoms with Gasteiger partial charge in [0.1, 0.15) is 0 Å². The van der Waals surface area contributed by atoms with Crippen molar-refractivity contribution in [3.63, 3.8) is 0 Å². The fourth-order valence-corrected chi connectivity index (χ4v) is 1.53. The molecule has 0 spiro atoms. The molecular weight excluding hydrogens is 300 g/mol. The van der Waals surface area contributed by atoms with Crippen LogP contribution in [0.1, 0.15) is 46.1 Å². The molecule has 0 saturated carbocycles. The van der Waals surface area contributed by atoms with E-state index in [1.807, 2.05) is 45.0 Å². The van der Waals surface area contributed by atoms with Gasteiger partial charge in [-0.1, -0.05) is 49.2 Å². The molecule has 0 aliphatic heterocycles. The molecule has 0 heterocycles. The maximum Gasteiger partial charge on any atom is 0.0407 e. The standard InChI is InChI=1S/C9H11BrN2.C5H10.C2H6/c1-6(12-2)8-5-7(10)3-4-9(8)11;1-3-5-4-2;1-2/h3-5H,11H2,1-2H3;3H,1,4-5H2,2H3;1-2H3. The van der Waals surface area contributed by atoms with Gasteiger partial charge in [0.05, 0.1) is 0 Å². The van der Waals surface area contributed by atoms with E-state index in [1.165, 1.54) is 6.42 Å². The monoisotopic (exact) mass is 326 g/mol. The highest BCUT2D eigenvalue weighted by molar-refractivity contribution is 9.10. The molecule has 0 amide bonds. The van der Waals surface area contributed by atoms with Crippen LogP contribution in [0.25, 0.3) is 0 Å². The van der Waals surface area contributed by atoms with Crippen LogP contribution < -0.4 is 5.73 Å². The van der Waals surface area contributed by atoms with E-state index < -0.39 is 0 Å². The third-order valence-electron chi connectivity index (χ3n) is 2.23. The second kappa shape index (κ2) is 13.3. The fourth-order valence-electron chi connectivity index (χ4n) is 1.17. The van der Waals surface area contributed by atoms with Gasteiger partial charge >= 0.3 is 0 Å². The summed E-state index contributed by atoms with van der Waals surface area (Å²) in [5.41, 5.74) is 8.47. The van der Waals surface area contributed by atoms with Crippen LogP contribution in [0.3, 0.4) is 0 Å². The molecule has 0 atom stereocenters. The first-order chi connectivity index (χ1) is 9.06. The Hall–Kier alpha value is -1.09. The van der Waals surface area contributed by atoms with Crippen LogP contribution in [-0.2, 0) is 0 Å². The van der Waals surface area contributed by atoms with Crippen LogP contribution in [-0.4, -0.2) is 12.8 Å². The quantitative estimate of drug-likeness (QED) is 0.446. The number of hydrogen-bond acceptors (Lipinski definition) is 2. The van der Waals surface area contributed by atoms with Gasteiger partial charge in [0.25, 0.3) is 0 Å². The van der Waals surface area contributed by atoms with Crippen LogP contribution in [0.15, 0.2) is 40.3 Å². The van der Waals surface area contributed by atoms with Crippen molar-refractivity contribution in [2.24, 2.45) is 4.99 Å². The predicted octanol–water partition coefficient (Wildman–Crippen LogP) is 5.47. The van der Waals surface area contributed by atoms with Gasteiger partial charge in [0.2, 0.25) is 0 Å². The van der Waals surface area contributed by atoms with Crippen LogP contribution >= 0.6 is 15.9 Å². The summed E-state index contributed by atoms with van der Waals surface area (Å²) in [4.78, 5) is 4.08. The number of allylic oxidation sites excluding steroid dienone is 1. The van der Waals surface area contributed by atoms with Gasteiger partial charge in [-0.3, -0.25) is 4.99 Å². The lowest BCUT2D eigenvalue weighted by atomic mass is 10.1. The zero-order valence-corrected chi connectivity index (χ0v) is 14.4. The van der Waals surface area contributed by atoms with E-state index in [-0.39, 0.29) is 0 Å². The normalized spacial score (nSPS) is 9.68. The molecule has 1 aromatic carbocycles. The summed E-state index contributed by atoms with van der Waals surface area (Å²) in [5.74, 6) is 0. The second-order valence-electron chi connectivity index (χ2n) is 3.62. The summed E-state index contributed by atoms with van der Waals surface area (Å²) in [7, 11) is 1.76. The summed E-state index contributed by atoms with van der Waals surface area (Å²) in [6.45, 7) is 11.6. The molecule has 0 aromatic heterocycles. The van der Waals surface area contributed by atoms with E-state index in [0.717, 1.165) is 27.9 Å². The zero-order valence-electron chi connectivity index (χ0n) is 12.8. The molecule has 2 nitrogen and oxygen atoms in total. The average molecular weight is 327 g/mol. The van der Waals surface area contributed by atoms with Gasteiger partial charge in [0, 0.05) is 28.5 Å². The molecule has 1 rings (SSSR count). The lowest BCUT2D eigenvalue weighted by Gasteiger charge is -2.04. The van der Waals surface area contributed by atoms with Crippen molar-refractivity contribution in [3.8, 4) is 0 Å². The first kappa shape index (κ1) is 20.2. The van der Waals surface area contributed by atoms with Gasteiger partial charge in [-0.25, -0.2) is 0 Å².